The van der Waals surface area contributed by atoms with Crippen molar-refractivity contribution in [1.29, 1.82) is 0 Å². The number of ether oxygens (including phenoxy) is 1. The third-order valence-electron chi connectivity index (χ3n) is 1.41. The molecule has 0 saturated carbocycles. The third kappa shape index (κ3) is 2.83. The minimum Gasteiger partial charge on any atom is -0.423 e. The molecular formula is C9H10FNO2. The Hall–Kier alpha value is -1.42. The van der Waals surface area contributed by atoms with Crippen LogP contribution in [0.3, 0.4) is 0 Å². The summed E-state index contributed by atoms with van der Waals surface area (Å²) < 4.78 is 17.6. The predicted octanol–water partition coefficient (Wildman–Crippen LogP) is 1.08. The molecule has 0 amide bonds. The maximum absolute atomic E-state index is 12.9. The van der Waals surface area contributed by atoms with Gasteiger partial charge in [-0.25, -0.2) is 4.39 Å². The van der Waals surface area contributed by atoms with E-state index in [1.54, 1.807) is 6.07 Å². The van der Waals surface area contributed by atoms with Crippen molar-refractivity contribution in [3.63, 3.8) is 0 Å². The molecular weight excluding hydrogens is 173 g/mol. The fraction of sp³-hybridized carbons (Fsp3) is 0.222. The quantitative estimate of drug-likeness (QED) is 0.563. The smallest absolute Gasteiger partial charge is 0.312 e. The summed E-state index contributed by atoms with van der Waals surface area (Å²) in [5.74, 6) is -1.12. The Morgan fingerprint density at radius 3 is 2.77 bits per heavy atom. The number of halogens is 1. The van der Waals surface area contributed by atoms with Crippen molar-refractivity contribution in [2.45, 2.75) is 6.42 Å². The molecule has 0 saturated heterocycles. The second-order valence-corrected chi connectivity index (χ2v) is 2.44. The molecule has 0 aliphatic carbocycles. The number of carbonyl (C=O) groups excluding carboxylic acids is 1. The SMILES string of the molecule is NCCC(=O)Oc1ccccc1F. The van der Waals surface area contributed by atoms with Gasteiger partial charge in [-0.05, 0) is 12.1 Å². The summed E-state index contributed by atoms with van der Waals surface area (Å²) in [6, 6.07) is 5.73. The van der Waals surface area contributed by atoms with Gasteiger partial charge < -0.3 is 10.5 Å². The number of nitrogens with two attached hydrogens (primary N) is 1. The molecule has 0 unspecified atom stereocenters. The lowest BCUT2D eigenvalue weighted by Gasteiger charge is -2.03. The first-order valence-corrected chi connectivity index (χ1v) is 3.89. The first-order valence-electron chi connectivity index (χ1n) is 3.89. The predicted molar refractivity (Wildman–Crippen MR) is 45.7 cm³/mol. The van der Waals surface area contributed by atoms with Crippen molar-refractivity contribution < 1.29 is 13.9 Å². The molecule has 0 atom stereocenters. The maximum Gasteiger partial charge on any atom is 0.312 e. The second kappa shape index (κ2) is 4.57. The lowest BCUT2D eigenvalue weighted by Crippen LogP contribution is -2.14. The van der Waals surface area contributed by atoms with Crippen molar-refractivity contribution in [2.24, 2.45) is 5.73 Å². The Balaban J connectivity index is 2.63. The molecule has 0 aliphatic heterocycles. The van der Waals surface area contributed by atoms with Crippen LogP contribution in [0.15, 0.2) is 24.3 Å². The number of hydrogen-bond acceptors (Lipinski definition) is 3. The molecule has 2 N–H and O–H groups in total. The normalized spacial score (nSPS) is 9.69. The van der Waals surface area contributed by atoms with Crippen LogP contribution in [0, 0.1) is 5.82 Å². The van der Waals surface area contributed by atoms with Gasteiger partial charge in [0.25, 0.3) is 0 Å². The largest absolute Gasteiger partial charge is 0.423 e. The minimum absolute atomic E-state index is 0.0547. The van der Waals surface area contributed by atoms with Crippen LogP contribution in [-0.4, -0.2) is 12.5 Å². The van der Waals surface area contributed by atoms with Crippen LogP contribution in [0.5, 0.6) is 5.75 Å². The number of hydrogen-bond donors (Lipinski definition) is 1. The van der Waals surface area contributed by atoms with E-state index in [0.717, 1.165) is 0 Å². The molecule has 0 radical (unpaired) electrons. The second-order valence-electron chi connectivity index (χ2n) is 2.44. The standard InChI is InChI=1S/C9H10FNO2/c10-7-3-1-2-4-8(7)13-9(12)5-6-11/h1-4H,5-6,11H2. The highest BCUT2D eigenvalue weighted by molar-refractivity contribution is 5.72. The average molecular weight is 183 g/mol. The van der Waals surface area contributed by atoms with Gasteiger partial charge in [0.1, 0.15) is 0 Å². The van der Waals surface area contributed by atoms with Gasteiger partial charge in [0.05, 0.1) is 6.42 Å². The van der Waals surface area contributed by atoms with E-state index in [1.165, 1.54) is 18.2 Å². The number of esters is 1. The van der Waals surface area contributed by atoms with Crippen LogP contribution in [0.1, 0.15) is 6.42 Å². The molecule has 1 rings (SSSR count). The highest BCUT2D eigenvalue weighted by Crippen LogP contribution is 2.15. The van der Waals surface area contributed by atoms with Crippen molar-refractivity contribution >= 4 is 5.97 Å². The zero-order chi connectivity index (χ0) is 9.68. The molecule has 1 aromatic rings. The number of para-hydroxylation sites is 1. The van der Waals surface area contributed by atoms with Crippen LogP contribution < -0.4 is 10.5 Å². The average Bonchev–Trinajstić information content (AvgIpc) is 2.09. The van der Waals surface area contributed by atoms with Crippen LogP contribution >= 0.6 is 0 Å². The van der Waals surface area contributed by atoms with Crippen molar-refractivity contribution in [3.05, 3.63) is 30.1 Å². The topological polar surface area (TPSA) is 52.3 Å². The summed E-state index contributed by atoms with van der Waals surface area (Å²) in [5.41, 5.74) is 5.13. The van der Waals surface area contributed by atoms with Gasteiger partial charge >= 0.3 is 5.97 Å². The molecule has 13 heavy (non-hydrogen) atoms. The highest BCUT2D eigenvalue weighted by Gasteiger charge is 2.06. The third-order valence-corrected chi connectivity index (χ3v) is 1.41. The molecule has 0 heterocycles. The summed E-state index contributed by atoms with van der Waals surface area (Å²) in [5, 5.41) is 0. The molecule has 70 valence electrons. The Kier molecular flexibility index (Phi) is 3.40. The molecule has 0 bridgehead atoms. The Labute approximate surface area is 75.3 Å². The fourth-order valence-corrected chi connectivity index (χ4v) is 0.819. The van der Waals surface area contributed by atoms with Gasteiger partial charge in [-0.3, -0.25) is 4.79 Å². The van der Waals surface area contributed by atoms with Gasteiger partial charge in [0, 0.05) is 6.54 Å². The molecule has 0 spiro atoms. The summed E-state index contributed by atoms with van der Waals surface area (Å²) in [7, 11) is 0. The van der Waals surface area contributed by atoms with Crippen molar-refractivity contribution in [3.8, 4) is 5.75 Å². The first kappa shape index (κ1) is 9.67. The van der Waals surface area contributed by atoms with Gasteiger partial charge in [-0.15, -0.1) is 0 Å². The molecule has 3 nitrogen and oxygen atoms in total. The Morgan fingerprint density at radius 1 is 1.46 bits per heavy atom. The lowest BCUT2D eigenvalue weighted by molar-refractivity contribution is -0.134. The fourth-order valence-electron chi connectivity index (χ4n) is 0.819. The summed E-state index contributed by atoms with van der Waals surface area (Å²) in [6.07, 6.45) is 0.0916. The molecule has 0 fully saturated rings. The van der Waals surface area contributed by atoms with Gasteiger partial charge in [-0.1, -0.05) is 12.1 Å². The van der Waals surface area contributed by atoms with E-state index < -0.39 is 11.8 Å². The van der Waals surface area contributed by atoms with Gasteiger partial charge in [-0.2, -0.15) is 0 Å². The number of benzene rings is 1. The summed E-state index contributed by atoms with van der Waals surface area (Å²) >= 11 is 0. The lowest BCUT2D eigenvalue weighted by atomic mass is 10.3. The zero-order valence-corrected chi connectivity index (χ0v) is 7.00. The van der Waals surface area contributed by atoms with E-state index in [9.17, 15) is 9.18 Å². The van der Waals surface area contributed by atoms with Crippen molar-refractivity contribution in [1.82, 2.24) is 0 Å². The van der Waals surface area contributed by atoms with E-state index in [1.807, 2.05) is 0 Å². The van der Waals surface area contributed by atoms with Gasteiger partial charge in [0.15, 0.2) is 11.6 Å². The van der Waals surface area contributed by atoms with Crippen LogP contribution in [0.2, 0.25) is 0 Å². The van der Waals surface area contributed by atoms with Crippen LogP contribution in [-0.2, 0) is 4.79 Å². The number of rotatable bonds is 3. The molecule has 0 aromatic heterocycles. The monoisotopic (exact) mass is 183 g/mol. The van der Waals surface area contributed by atoms with E-state index in [4.69, 9.17) is 10.5 Å². The van der Waals surface area contributed by atoms with E-state index in [2.05, 4.69) is 0 Å². The molecule has 4 heteroatoms. The number of carbonyl (C=O) groups is 1. The summed E-state index contributed by atoms with van der Waals surface area (Å²) in [6.45, 7) is 0.202. The highest BCUT2D eigenvalue weighted by atomic mass is 19.1. The Morgan fingerprint density at radius 2 is 2.15 bits per heavy atom. The summed E-state index contributed by atoms with van der Waals surface area (Å²) in [4.78, 5) is 10.9. The van der Waals surface area contributed by atoms with E-state index >= 15 is 0 Å². The Bertz CT molecular complexity index is 301. The van der Waals surface area contributed by atoms with Gasteiger partial charge in [0.2, 0.25) is 0 Å². The van der Waals surface area contributed by atoms with Crippen molar-refractivity contribution in [2.75, 3.05) is 6.54 Å². The maximum atomic E-state index is 12.9. The zero-order valence-electron chi connectivity index (χ0n) is 7.00. The van der Waals surface area contributed by atoms with E-state index in [0.29, 0.717) is 0 Å². The minimum atomic E-state index is -0.548. The van der Waals surface area contributed by atoms with Crippen LogP contribution in [0.4, 0.5) is 4.39 Å². The van der Waals surface area contributed by atoms with Crippen LogP contribution in [0.25, 0.3) is 0 Å². The molecule has 1 aromatic carbocycles. The van der Waals surface area contributed by atoms with E-state index in [-0.39, 0.29) is 18.7 Å². The molecule has 0 aliphatic rings. The first-order chi connectivity index (χ1) is 6.24.